The number of aromatic amines is 1. The normalized spacial score (nSPS) is 10.8. The Hall–Kier alpha value is -3.08. The highest BCUT2D eigenvalue weighted by atomic mass is 35.5. The van der Waals surface area contributed by atoms with Gasteiger partial charge in [0.05, 0.1) is 0 Å². The van der Waals surface area contributed by atoms with Crippen molar-refractivity contribution in [3.8, 4) is 22.3 Å². The fourth-order valence-corrected chi connectivity index (χ4v) is 4.19. The molecule has 0 saturated heterocycles. The zero-order valence-corrected chi connectivity index (χ0v) is 19.2. The van der Waals surface area contributed by atoms with Gasteiger partial charge in [-0.3, -0.25) is 4.79 Å². The molecule has 32 heavy (non-hydrogen) atoms. The number of hydrogen-bond donors (Lipinski definition) is 2. The summed E-state index contributed by atoms with van der Waals surface area (Å²) < 4.78 is 0. The van der Waals surface area contributed by atoms with E-state index in [0.717, 1.165) is 46.2 Å². The Morgan fingerprint density at radius 1 is 1.00 bits per heavy atom. The minimum Gasteiger partial charge on any atom is -0.356 e. The Morgan fingerprint density at radius 2 is 1.81 bits per heavy atom. The van der Waals surface area contributed by atoms with Crippen molar-refractivity contribution >= 4 is 29.1 Å². The van der Waals surface area contributed by atoms with Crippen LogP contribution in [0.15, 0.2) is 73.1 Å². The van der Waals surface area contributed by atoms with Gasteiger partial charge in [0.15, 0.2) is 0 Å². The van der Waals surface area contributed by atoms with Crippen molar-refractivity contribution in [1.29, 1.82) is 0 Å². The second-order valence-corrected chi connectivity index (χ2v) is 8.36. The van der Waals surface area contributed by atoms with Crippen molar-refractivity contribution in [3.05, 3.63) is 100 Å². The largest absolute Gasteiger partial charge is 0.356 e. The van der Waals surface area contributed by atoms with Gasteiger partial charge in [0.25, 0.3) is 5.91 Å². The quantitative estimate of drug-likeness (QED) is 0.291. The van der Waals surface area contributed by atoms with Crippen LogP contribution in [-0.2, 0) is 13.0 Å². The number of carbonyl (C=O) groups excluding carboxylic acids is 1. The summed E-state index contributed by atoms with van der Waals surface area (Å²) in [5.74, 6) is -0.152. The third-order valence-electron chi connectivity index (χ3n) is 5.30. The van der Waals surface area contributed by atoms with Crippen molar-refractivity contribution in [2.24, 2.45) is 0 Å². The molecule has 2 aromatic carbocycles. The van der Waals surface area contributed by atoms with E-state index >= 15 is 0 Å². The maximum absolute atomic E-state index is 13.1. The van der Waals surface area contributed by atoms with Gasteiger partial charge in [0.2, 0.25) is 0 Å². The van der Waals surface area contributed by atoms with Crippen LogP contribution in [0.4, 0.5) is 0 Å². The molecule has 4 aromatic rings. The smallest absolute Gasteiger partial charge is 0.268 e. The highest BCUT2D eigenvalue weighted by Gasteiger charge is 2.20. The van der Waals surface area contributed by atoms with Gasteiger partial charge in [-0.25, -0.2) is 4.98 Å². The third-order valence-corrected chi connectivity index (χ3v) is 5.74. The van der Waals surface area contributed by atoms with Gasteiger partial charge in [-0.15, -0.1) is 0 Å². The van der Waals surface area contributed by atoms with E-state index in [2.05, 4.69) is 22.2 Å². The van der Waals surface area contributed by atoms with E-state index in [0.29, 0.717) is 22.4 Å². The standard InChI is InChI=1S/C26H23Cl2N3O/c1-2-7-20-23(21-13-24(28)29-15-22(21)18-9-4-3-5-10-18)16-30-25(20)26(32)31-14-17-8-6-11-19(27)12-17/h3-6,8-13,15-16,30H,2,7,14H2,1H3,(H,31,32). The Morgan fingerprint density at radius 3 is 2.56 bits per heavy atom. The number of aromatic nitrogens is 2. The first kappa shape index (κ1) is 22.1. The summed E-state index contributed by atoms with van der Waals surface area (Å²) in [5, 5.41) is 4.06. The molecule has 4 rings (SSSR count). The Bertz CT molecular complexity index is 1240. The van der Waals surface area contributed by atoms with Crippen LogP contribution in [-0.4, -0.2) is 15.9 Å². The minimum atomic E-state index is -0.152. The van der Waals surface area contributed by atoms with Crippen LogP contribution >= 0.6 is 23.2 Å². The van der Waals surface area contributed by atoms with Gasteiger partial charge in [-0.05, 0) is 46.9 Å². The molecule has 0 atom stereocenters. The molecule has 0 bridgehead atoms. The molecule has 0 saturated carbocycles. The zero-order valence-electron chi connectivity index (χ0n) is 17.7. The molecule has 6 heteroatoms. The summed E-state index contributed by atoms with van der Waals surface area (Å²) in [5.41, 5.74) is 6.40. The molecular formula is C26H23Cl2N3O. The fourth-order valence-electron chi connectivity index (χ4n) is 3.82. The first-order chi connectivity index (χ1) is 15.6. The second-order valence-electron chi connectivity index (χ2n) is 7.54. The van der Waals surface area contributed by atoms with E-state index in [1.54, 1.807) is 6.20 Å². The molecule has 2 N–H and O–H groups in total. The summed E-state index contributed by atoms with van der Waals surface area (Å²) in [6.45, 7) is 2.50. The first-order valence-corrected chi connectivity index (χ1v) is 11.3. The van der Waals surface area contributed by atoms with Crippen molar-refractivity contribution in [2.45, 2.75) is 26.3 Å². The van der Waals surface area contributed by atoms with Crippen LogP contribution in [0.2, 0.25) is 10.2 Å². The van der Waals surface area contributed by atoms with Gasteiger partial charge < -0.3 is 10.3 Å². The Balaban J connectivity index is 1.70. The molecule has 0 fully saturated rings. The van der Waals surface area contributed by atoms with E-state index in [-0.39, 0.29) is 5.91 Å². The SMILES string of the molecule is CCCc1c(-c2cc(Cl)ncc2-c2ccccc2)c[nH]c1C(=O)NCc1cccc(Cl)c1. The number of nitrogens with zero attached hydrogens (tertiary/aromatic N) is 1. The zero-order chi connectivity index (χ0) is 22.5. The van der Waals surface area contributed by atoms with Crippen molar-refractivity contribution in [3.63, 3.8) is 0 Å². The van der Waals surface area contributed by atoms with Crippen LogP contribution in [0.25, 0.3) is 22.3 Å². The summed E-state index contributed by atoms with van der Waals surface area (Å²) in [4.78, 5) is 20.5. The Kier molecular flexibility index (Phi) is 6.93. The Labute approximate surface area is 197 Å². The van der Waals surface area contributed by atoms with Crippen molar-refractivity contribution in [2.75, 3.05) is 0 Å². The summed E-state index contributed by atoms with van der Waals surface area (Å²) in [7, 11) is 0. The number of hydrogen-bond acceptors (Lipinski definition) is 2. The van der Waals surface area contributed by atoms with Gasteiger partial charge in [0, 0.05) is 35.1 Å². The fraction of sp³-hybridized carbons (Fsp3) is 0.154. The summed E-state index contributed by atoms with van der Waals surface area (Å²) in [6, 6.07) is 19.4. The lowest BCUT2D eigenvalue weighted by atomic mass is 9.93. The molecule has 2 heterocycles. The van der Waals surface area contributed by atoms with Gasteiger partial charge in [0.1, 0.15) is 10.8 Å². The van der Waals surface area contributed by atoms with E-state index in [1.165, 1.54) is 0 Å². The molecule has 0 unspecified atom stereocenters. The number of benzene rings is 2. The monoisotopic (exact) mass is 463 g/mol. The van der Waals surface area contributed by atoms with Crippen molar-refractivity contribution < 1.29 is 4.79 Å². The molecular weight excluding hydrogens is 441 g/mol. The van der Waals surface area contributed by atoms with E-state index in [9.17, 15) is 4.79 Å². The van der Waals surface area contributed by atoms with E-state index in [4.69, 9.17) is 23.2 Å². The average Bonchev–Trinajstić information content (AvgIpc) is 3.22. The highest BCUT2D eigenvalue weighted by molar-refractivity contribution is 6.30. The molecule has 0 aliphatic rings. The number of amides is 1. The topological polar surface area (TPSA) is 57.8 Å². The minimum absolute atomic E-state index is 0.152. The lowest BCUT2D eigenvalue weighted by Gasteiger charge is -2.12. The van der Waals surface area contributed by atoms with Gasteiger partial charge in [-0.2, -0.15) is 0 Å². The van der Waals surface area contributed by atoms with E-state index in [1.807, 2.05) is 66.9 Å². The summed E-state index contributed by atoms with van der Waals surface area (Å²) >= 11 is 12.3. The van der Waals surface area contributed by atoms with Gasteiger partial charge in [-0.1, -0.05) is 79.0 Å². The first-order valence-electron chi connectivity index (χ1n) is 10.5. The van der Waals surface area contributed by atoms with Crippen LogP contribution in [0.5, 0.6) is 0 Å². The number of nitrogens with one attached hydrogen (secondary N) is 2. The van der Waals surface area contributed by atoms with Crippen LogP contribution in [0.1, 0.15) is 35.0 Å². The molecule has 162 valence electrons. The van der Waals surface area contributed by atoms with Crippen LogP contribution in [0, 0.1) is 0 Å². The third kappa shape index (κ3) is 4.87. The molecule has 2 aromatic heterocycles. The van der Waals surface area contributed by atoms with E-state index < -0.39 is 0 Å². The highest BCUT2D eigenvalue weighted by Crippen LogP contribution is 2.36. The average molecular weight is 464 g/mol. The lowest BCUT2D eigenvalue weighted by Crippen LogP contribution is -2.24. The predicted molar refractivity (Wildman–Crippen MR) is 131 cm³/mol. The molecule has 0 spiro atoms. The number of carbonyl (C=O) groups is 1. The molecule has 4 nitrogen and oxygen atoms in total. The number of rotatable bonds is 7. The number of halogens is 2. The number of H-pyrrole nitrogens is 1. The molecule has 0 radical (unpaired) electrons. The molecule has 1 amide bonds. The van der Waals surface area contributed by atoms with Gasteiger partial charge >= 0.3 is 0 Å². The molecule has 0 aliphatic carbocycles. The second kappa shape index (κ2) is 10.0. The predicted octanol–water partition coefficient (Wildman–Crippen LogP) is 6.93. The maximum Gasteiger partial charge on any atom is 0.268 e. The maximum atomic E-state index is 13.1. The molecule has 0 aliphatic heterocycles. The van der Waals surface area contributed by atoms with Crippen LogP contribution in [0.3, 0.4) is 0 Å². The number of pyridine rings is 1. The lowest BCUT2D eigenvalue weighted by molar-refractivity contribution is 0.0945. The van der Waals surface area contributed by atoms with Crippen LogP contribution < -0.4 is 5.32 Å². The summed E-state index contributed by atoms with van der Waals surface area (Å²) in [6.07, 6.45) is 5.33. The van der Waals surface area contributed by atoms with Crippen molar-refractivity contribution in [1.82, 2.24) is 15.3 Å².